The van der Waals surface area contributed by atoms with Gasteiger partial charge in [-0.2, -0.15) is 0 Å². The molecule has 0 bridgehead atoms. The molecule has 0 aromatic heterocycles. The van der Waals surface area contributed by atoms with Gasteiger partial charge in [-0.1, -0.05) is 25.1 Å². The number of carbonyl (C=O) groups excluding carboxylic acids is 1. The van der Waals surface area contributed by atoms with E-state index < -0.39 is 0 Å². The molecule has 1 unspecified atom stereocenters. The van der Waals surface area contributed by atoms with Crippen LogP contribution < -0.4 is 5.32 Å². The van der Waals surface area contributed by atoms with E-state index in [-0.39, 0.29) is 18.1 Å². The lowest BCUT2D eigenvalue weighted by atomic mass is 10.1. The van der Waals surface area contributed by atoms with Gasteiger partial charge in [0.15, 0.2) is 0 Å². The molecule has 3 nitrogen and oxygen atoms in total. The zero-order valence-corrected chi connectivity index (χ0v) is 12.1. The summed E-state index contributed by atoms with van der Waals surface area (Å²) in [5, 5.41) is 2.94. The molecule has 1 aliphatic rings. The maximum Gasteiger partial charge on any atom is 0.224 e. The number of amides is 1. The van der Waals surface area contributed by atoms with Crippen LogP contribution in [-0.4, -0.2) is 36.5 Å². The predicted molar refractivity (Wildman–Crippen MR) is 78.0 cm³/mol. The molecule has 20 heavy (non-hydrogen) atoms. The zero-order valence-electron chi connectivity index (χ0n) is 12.1. The Balaban J connectivity index is 1.80. The Labute approximate surface area is 120 Å². The number of rotatable bonds is 6. The Hall–Kier alpha value is -1.42. The Morgan fingerprint density at radius 3 is 2.70 bits per heavy atom. The normalized spacial score (nSPS) is 17.1. The van der Waals surface area contributed by atoms with E-state index in [0.717, 1.165) is 19.5 Å². The molecule has 0 radical (unpaired) electrons. The molecule has 0 saturated carbocycles. The molecule has 1 atom stereocenters. The Morgan fingerprint density at radius 2 is 2.05 bits per heavy atom. The van der Waals surface area contributed by atoms with E-state index in [1.807, 2.05) is 0 Å². The summed E-state index contributed by atoms with van der Waals surface area (Å²) in [6.45, 7) is 5.05. The van der Waals surface area contributed by atoms with Gasteiger partial charge in [-0.05, 0) is 44.0 Å². The van der Waals surface area contributed by atoms with E-state index in [0.29, 0.717) is 18.2 Å². The number of nitrogens with zero attached hydrogens (tertiary/aromatic N) is 1. The second kappa shape index (κ2) is 7.39. The third-order valence-electron chi connectivity index (χ3n) is 3.97. The molecule has 110 valence electrons. The summed E-state index contributed by atoms with van der Waals surface area (Å²) in [5.41, 5.74) is 0.458. The van der Waals surface area contributed by atoms with E-state index in [2.05, 4.69) is 17.1 Å². The number of hydrogen-bond acceptors (Lipinski definition) is 2. The fourth-order valence-electron chi connectivity index (χ4n) is 2.75. The average Bonchev–Trinajstić information content (AvgIpc) is 2.96. The van der Waals surface area contributed by atoms with Crippen LogP contribution in [0.5, 0.6) is 0 Å². The van der Waals surface area contributed by atoms with Crippen molar-refractivity contribution in [1.82, 2.24) is 10.2 Å². The van der Waals surface area contributed by atoms with Gasteiger partial charge in [0.2, 0.25) is 5.91 Å². The van der Waals surface area contributed by atoms with Gasteiger partial charge in [0, 0.05) is 12.6 Å². The van der Waals surface area contributed by atoms with Crippen molar-refractivity contribution in [3.8, 4) is 0 Å². The standard InChI is InChI=1S/C16H23FN2O/c1-2-14(19-9-5-6-10-19)12-18-16(20)11-13-7-3-4-8-15(13)17/h3-4,7-8,14H,2,5-6,9-12H2,1H3,(H,18,20). The van der Waals surface area contributed by atoms with Crippen LogP contribution in [0.15, 0.2) is 24.3 Å². The first kappa shape index (κ1) is 15.0. The molecule has 1 aromatic carbocycles. The van der Waals surface area contributed by atoms with E-state index in [1.165, 1.54) is 18.9 Å². The summed E-state index contributed by atoms with van der Waals surface area (Å²) < 4.78 is 13.5. The molecule has 1 amide bonds. The monoisotopic (exact) mass is 278 g/mol. The summed E-state index contributed by atoms with van der Waals surface area (Å²) in [4.78, 5) is 14.3. The van der Waals surface area contributed by atoms with Gasteiger partial charge in [0.25, 0.3) is 0 Å². The van der Waals surface area contributed by atoms with Crippen molar-refractivity contribution in [2.45, 2.75) is 38.6 Å². The van der Waals surface area contributed by atoms with Crippen molar-refractivity contribution in [3.05, 3.63) is 35.6 Å². The lowest BCUT2D eigenvalue weighted by molar-refractivity contribution is -0.120. The fraction of sp³-hybridized carbons (Fsp3) is 0.562. The topological polar surface area (TPSA) is 32.3 Å². The van der Waals surface area contributed by atoms with Crippen LogP contribution in [0, 0.1) is 5.82 Å². The summed E-state index contributed by atoms with van der Waals surface area (Å²) in [7, 11) is 0. The number of benzene rings is 1. The first-order valence-corrected chi connectivity index (χ1v) is 7.45. The molecule has 1 saturated heterocycles. The van der Waals surface area contributed by atoms with Gasteiger partial charge in [0.05, 0.1) is 6.42 Å². The first-order valence-electron chi connectivity index (χ1n) is 7.45. The summed E-state index contributed by atoms with van der Waals surface area (Å²) in [6, 6.07) is 6.85. The molecule has 1 N–H and O–H groups in total. The quantitative estimate of drug-likeness (QED) is 0.866. The summed E-state index contributed by atoms with van der Waals surface area (Å²) in [6.07, 6.45) is 3.64. The lowest BCUT2D eigenvalue weighted by Gasteiger charge is -2.26. The maximum absolute atomic E-state index is 13.5. The van der Waals surface area contributed by atoms with Gasteiger partial charge in [-0.25, -0.2) is 4.39 Å². The molecule has 1 fully saturated rings. The average molecular weight is 278 g/mol. The van der Waals surface area contributed by atoms with E-state index in [4.69, 9.17) is 0 Å². The highest BCUT2D eigenvalue weighted by molar-refractivity contribution is 5.78. The number of carbonyl (C=O) groups is 1. The van der Waals surface area contributed by atoms with Crippen LogP contribution in [0.3, 0.4) is 0 Å². The minimum absolute atomic E-state index is 0.104. The minimum atomic E-state index is -0.311. The second-order valence-corrected chi connectivity index (χ2v) is 5.38. The van der Waals surface area contributed by atoms with Crippen molar-refractivity contribution in [3.63, 3.8) is 0 Å². The lowest BCUT2D eigenvalue weighted by Crippen LogP contribution is -2.42. The first-order chi connectivity index (χ1) is 9.70. The van der Waals surface area contributed by atoms with Gasteiger partial charge in [-0.3, -0.25) is 9.69 Å². The molecule has 1 heterocycles. The summed E-state index contributed by atoms with van der Waals surface area (Å²) >= 11 is 0. The van der Waals surface area contributed by atoms with Gasteiger partial charge in [0.1, 0.15) is 5.82 Å². The van der Waals surface area contributed by atoms with E-state index in [1.54, 1.807) is 18.2 Å². The molecule has 1 aliphatic heterocycles. The number of likely N-dealkylation sites (tertiary alicyclic amines) is 1. The van der Waals surface area contributed by atoms with Crippen molar-refractivity contribution in [2.75, 3.05) is 19.6 Å². The van der Waals surface area contributed by atoms with Crippen LogP contribution in [0.4, 0.5) is 4.39 Å². The van der Waals surface area contributed by atoms with E-state index in [9.17, 15) is 9.18 Å². The molecule has 0 aliphatic carbocycles. The number of halogens is 1. The highest BCUT2D eigenvalue weighted by Crippen LogP contribution is 2.13. The smallest absolute Gasteiger partial charge is 0.224 e. The molecule has 4 heteroatoms. The highest BCUT2D eigenvalue weighted by atomic mass is 19.1. The predicted octanol–water partition coefficient (Wildman–Crippen LogP) is 2.36. The van der Waals surface area contributed by atoms with Gasteiger partial charge >= 0.3 is 0 Å². The van der Waals surface area contributed by atoms with E-state index >= 15 is 0 Å². The third-order valence-corrected chi connectivity index (χ3v) is 3.97. The Morgan fingerprint density at radius 1 is 1.35 bits per heavy atom. The van der Waals surface area contributed by atoms with Crippen molar-refractivity contribution >= 4 is 5.91 Å². The van der Waals surface area contributed by atoms with Gasteiger partial charge < -0.3 is 5.32 Å². The largest absolute Gasteiger partial charge is 0.354 e. The van der Waals surface area contributed by atoms with Crippen molar-refractivity contribution in [2.24, 2.45) is 0 Å². The third kappa shape index (κ3) is 4.04. The Kier molecular flexibility index (Phi) is 5.53. The highest BCUT2D eigenvalue weighted by Gasteiger charge is 2.20. The van der Waals surface area contributed by atoms with Gasteiger partial charge in [-0.15, -0.1) is 0 Å². The maximum atomic E-state index is 13.5. The van der Waals surface area contributed by atoms with Crippen LogP contribution in [0.25, 0.3) is 0 Å². The zero-order chi connectivity index (χ0) is 14.4. The molecule has 2 rings (SSSR count). The van der Waals surface area contributed by atoms with Crippen LogP contribution in [0.1, 0.15) is 31.7 Å². The van der Waals surface area contributed by atoms with Crippen LogP contribution in [-0.2, 0) is 11.2 Å². The second-order valence-electron chi connectivity index (χ2n) is 5.38. The fourth-order valence-corrected chi connectivity index (χ4v) is 2.75. The molecule has 1 aromatic rings. The molecule has 0 spiro atoms. The Bertz CT molecular complexity index is 444. The van der Waals surface area contributed by atoms with Crippen LogP contribution >= 0.6 is 0 Å². The number of nitrogens with one attached hydrogen (secondary N) is 1. The van der Waals surface area contributed by atoms with Crippen molar-refractivity contribution < 1.29 is 9.18 Å². The van der Waals surface area contributed by atoms with Crippen LogP contribution in [0.2, 0.25) is 0 Å². The van der Waals surface area contributed by atoms with Crippen molar-refractivity contribution in [1.29, 1.82) is 0 Å². The molecular formula is C16H23FN2O. The number of hydrogen-bond donors (Lipinski definition) is 1. The minimum Gasteiger partial charge on any atom is -0.354 e. The summed E-state index contributed by atoms with van der Waals surface area (Å²) in [5.74, 6) is -0.415. The SMILES string of the molecule is CCC(CNC(=O)Cc1ccccc1F)N1CCCC1. The molecular weight excluding hydrogens is 255 g/mol.